The van der Waals surface area contributed by atoms with Gasteiger partial charge in [-0.1, -0.05) is 18.2 Å². The largest absolute Gasteiger partial charge is 0.345 e. The van der Waals surface area contributed by atoms with Gasteiger partial charge in [-0.15, -0.1) is 0 Å². The molecule has 0 saturated heterocycles. The maximum Gasteiger partial charge on any atom is 0.250 e. The molecule has 1 aromatic carbocycles. The van der Waals surface area contributed by atoms with Crippen molar-refractivity contribution in [1.82, 2.24) is 5.32 Å². The van der Waals surface area contributed by atoms with Crippen LogP contribution < -0.4 is 10.2 Å². The molecule has 0 aliphatic carbocycles. The molecule has 2 amide bonds. The van der Waals surface area contributed by atoms with E-state index in [1.54, 1.807) is 0 Å². The van der Waals surface area contributed by atoms with Gasteiger partial charge in [0.2, 0.25) is 11.8 Å². The SMILES string of the molecule is CC(=O)CC(C=O)CC(=O)[C@@H]1Cc2cccc3c2N1C(=O)[C@@H](NC(C)=O)CC3. The summed E-state index contributed by atoms with van der Waals surface area (Å²) >= 11 is 0. The van der Waals surface area contributed by atoms with Gasteiger partial charge in [0.15, 0.2) is 5.78 Å². The number of para-hydroxylation sites is 1. The molecular formula is C21H24N2O5. The maximum absolute atomic E-state index is 13.2. The highest BCUT2D eigenvalue weighted by atomic mass is 16.2. The van der Waals surface area contributed by atoms with Crippen LogP contribution in [0.25, 0.3) is 0 Å². The van der Waals surface area contributed by atoms with E-state index in [1.807, 2.05) is 18.2 Å². The average molecular weight is 384 g/mol. The predicted molar refractivity (Wildman–Crippen MR) is 102 cm³/mol. The van der Waals surface area contributed by atoms with Crippen molar-refractivity contribution in [2.24, 2.45) is 5.92 Å². The molecule has 0 bridgehead atoms. The Kier molecular flexibility index (Phi) is 5.72. The molecule has 7 heteroatoms. The summed E-state index contributed by atoms with van der Waals surface area (Å²) in [6.45, 7) is 2.74. The molecule has 148 valence electrons. The van der Waals surface area contributed by atoms with E-state index in [2.05, 4.69) is 5.32 Å². The van der Waals surface area contributed by atoms with Crippen molar-refractivity contribution in [3.63, 3.8) is 0 Å². The van der Waals surface area contributed by atoms with Gasteiger partial charge in [-0.3, -0.25) is 19.3 Å². The van der Waals surface area contributed by atoms with Gasteiger partial charge in [0.1, 0.15) is 18.1 Å². The third-order valence-electron chi connectivity index (χ3n) is 5.36. The van der Waals surface area contributed by atoms with E-state index in [0.717, 1.165) is 16.8 Å². The van der Waals surface area contributed by atoms with Crippen molar-refractivity contribution >= 4 is 35.4 Å². The van der Waals surface area contributed by atoms with Crippen LogP contribution in [-0.4, -0.2) is 41.8 Å². The Hall–Kier alpha value is -2.83. The third-order valence-corrected chi connectivity index (χ3v) is 5.36. The number of nitrogens with one attached hydrogen (secondary N) is 1. The Balaban J connectivity index is 1.91. The van der Waals surface area contributed by atoms with Gasteiger partial charge in [0.25, 0.3) is 0 Å². The molecule has 0 fully saturated rings. The number of benzene rings is 1. The Morgan fingerprint density at radius 1 is 1.21 bits per heavy atom. The molecule has 7 nitrogen and oxygen atoms in total. The van der Waals surface area contributed by atoms with Crippen LogP contribution in [0.4, 0.5) is 5.69 Å². The molecule has 1 unspecified atom stereocenters. The number of hydrogen-bond donors (Lipinski definition) is 1. The van der Waals surface area contributed by atoms with Gasteiger partial charge >= 0.3 is 0 Å². The highest BCUT2D eigenvalue weighted by Crippen LogP contribution is 2.39. The summed E-state index contributed by atoms with van der Waals surface area (Å²) in [7, 11) is 0. The quantitative estimate of drug-likeness (QED) is 0.711. The summed E-state index contributed by atoms with van der Waals surface area (Å²) in [6, 6.07) is 4.34. The van der Waals surface area contributed by atoms with Crippen LogP contribution in [0, 0.1) is 5.92 Å². The first-order valence-corrected chi connectivity index (χ1v) is 9.50. The zero-order valence-corrected chi connectivity index (χ0v) is 16.1. The number of nitrogens with zero attached hydrogens (tertiary/aromatic N) is 1. The summed E-state index contributed by atoms with van der Waals surface area (Å²) in [5.41, 5.74) is 2.65. The van der Waals surface area contributed by atoms with Crippen LogP contribution in [0.15, 0.2) is 18.2 Å². The second-order valence-electron chi connectivity index (χ2n) is 7.62. The Morgan fingerprint density at radius 3 is 2.57 bits per heavy atom. The fraction of sp³-hybridized carbons (Fsp3) is 0.476. The molecule has 3 rings (SSSR count). The minimum absolute atomic E-state index is 0.0165. The van der Waals surface area contributed by atoms with Gasteiger partial charge in [0.05, 0.1) is 11.7 Å². The van der Waals surface area contributed by atoms with Gasteiger partial charge in [-0.2, -0.15) is 0 Å². The normalized spacial score (nSPS) is 21.5. The number of aldehydes is 1. The van der Waals surface area contributed by atoms with Gasteiger partial charge in [-0.25, -0.2) is 0 Å². The summed E-state index contributed by atoms with van der Waals surface area (Å²) in [5, 5.41) is 2.69. The van der Waals surface area contributed by atoms with Crippen LogP contribution in [0.2, 0.25) is 0 Å². The molecule has 0 saturated carbocycles. The molecule has 1 N–H and O–H groups in total. The number of hydrogen-bond acceptors (Lipinski definition) is 5. The number of Topliss-reactive ketones (excluding diaryl/α,β-unsaturated/α-hetero) is 2. The zero-order valence-electron chi connectivity index (χ0n) is 16.1. The third kappa shape index (κ3) is 3.88. The van der Waals surface area contributed by atoms with Crippen LogP contribution in [0.5, 0.6) is 0 Å². The van der Waals surface area contributed by atoms with Crippen molar-refractivity contribution in [3.05, 3.63) is 29.3 Å². The lowest BCUT2D eigenvalue weighted by atomic mass is 9.93. The molecule has 2 aliphatic heterocycles. The Morgan fingerprint density at radius 2 is 1.93 bits per heavy atom. The first-order chi connectivity index (χ1) is 13.3. The average Bonchev–Trinajstić information content (AvgIpc) is 2.97. The van der Waals surface area contributed by atoms with Crippen LogP contribution >= 0.6 is 0 Å². The fourth-order valence-electron chi connectivity index (χ4n) is 4.20. The highest BCUT2D eigenvalue weighted by Gasteiger charge is 2.43. The molecule has 0 radical (unpaired) electrons. The van der Waals surface area contributed by atoms with Gasteiger partial charge in [-0.05, 0) is 30.9 Å². The van der Waals surface area contributed by atoms with Crippen molar-refractivity contribution in [3.8, 4) is 0 Å². The van der Waals surface area contributed by atoms with E-state index in [9.17, 15) is 24.0 Å². The lowest BCUT2D eigenvalue weighted by Crippen LogP contribution is -2.52. The van der Waals surface area contributed by atoms with E-state index in [0.29, 0.717) is 25.5 Å². The summed E-state index contributed by atoms with van der Waals surface area (Å²) < 4.78 is 0. The van der Waals surface area contributed by atoms with E-state index in [1.165, 1.54) is 18.7 Å². The van der Waals surface area contributed by atoms with E-state index < -0.39 is 18.0 Å². The first-order valence-electron chi connectivity index (χ1n) is 9.50. The Labute approximate surface area is 163 Å². The van der Waals surface area contributed by atoms with Gasteiger partial charge < -0.3 is 14.9 Å². The molecule has 0 spiro atoms. The predicted octanol–water partition coefficient (Wildman–Crippen LogP) is 1.15. The number of carbonyl (C=O) groups is 5. The molecule has 1 aromatic rings. The van der Waals surface area contributed by atoms with E-state index >= 15 is 0 Å². The standard InChI is InChI=1S/C21H24N2O5/c1-12(25)8-14(11-24)9-19(27)18-10-16-5-3-4-15-6-7-17(22-13(2)26)21(28)23(18)20(15)16/h3-5,11,14,17-18H,6-10H2,1-2H3,(H,22,26)/t14?,17-,18-/m0/s1. The van der Waals surface area contributed by atoms with Crippen LogP contribution in [0.3, 0.4) is 0 Å². The van der Waals surface area contributed by atoms with Crippen molar-refractivity contribution in [1.29, 1.82) is 0 Å². The van der Waals surface area contributed by atoms with Crippen molar-refractivity contribution < 1.29 is 24.0 Å². The van der Waals surface area contributed by atoms with E-state index in [-0.39, 0.29) is 36.2 Å². The molecule has 0 aromatic heterocycles. The number of aryl methyl sites for hydroxylation is 1. The molecule has 2 aliphatic rings. The smallest absolute Gasteiger partial charge is 0.250 e. The maximum atomic E-state index is 13.2. The fourth-order valence-corrected chi connectivity index (χ4v) is 4.20. The number of rotatable bonds is 7. The number of carbonyl (C=O) groups excluding carboxylic acids is 5. The monoisotopic (exact) mass is 384 g/mol. The van der Waals surface area contributed by atoms with Gasteiger partial charge in [0, 0.05) is 32.1 Å². The van der Waals surface area contributed by atoms with Crippen molar-refractivity contribution in [2.45, 2.75) is 58.0 Å². The number of ketones is 2. The summed E-state index contributed by atoms with van der Waals surface area (Å²) in [6.07, 6.45) is 2.05. The number of amides is 2. The first kappa shape index (κ1) is 19.9. The summed E-state index contributed by atoms with van der Waals surface area (Å²) in [4.78, 5) is 61.9. The highest BCUT2D eigenvalue weighted by molar-refractivity contribution is 6.08. The lowest BCUT2D eigenvalue weighted by molar-refractivity contribution is -0.129. The second kappa shape index (κ2) is 8.04. The topological polar surface area (TPSA) is 101 Å². The minimum Gasteiger partial charge on any atom is -0.345 e. The molecule has 2 heterocycles. The molecular weight excluding hydrogens is 360 g/mol. The molecule has 28 heavy (non-hydrogen) atoms. The van der Waals surface area contributed by atoms with Crippen molar-refractivity contribution in [2.75, 3.05) is 4.90 Å². The minimum atomic E-state index is -0.715. The second-order valence-corrected chi connectivity index (χ2v) is 7.62. The lowest BCUT2D eigenvalue weighted by Gasteiger charge is -2.28. The zero-order chi connectivity index (χ0) is 20.4. The van der Waals surface area contributed by atoms with Crippen LogP contribution in [0.1, 0.15) is 44.2 Å². The van der Waals surface area contributed by atoms with E-state index in [4.69, 9.17) is 0 Å². The summed E-state index contributed by atoms with van der Waals surface area (Å²) in [5.74, 6) is -1.67. The van der Waals surface area contributed by atoms with Crippen LogP contribution in [-0.2, 0) is 36.8 Å². The molecule has 3 atom stereocenters. The number of anilines is 1. The Bertz CT molecular complexity index is 847.